The molecule has 11 heteroatoms. The molecule has 0 aliphatic rings. The van der Waals surface area contributed by atoms with Crippen LogP contribution in [0, 0.1) is 11.6 Å². The molecule has 0 heterocycles. The maximum atomic E-state index is 14.4. The van der Waals surface area contributed by atoms with Crippen molar-refractivity contribution in [2.75, 3.05) is 21.3 Å². The lowest BCUT2D eigenvalue weighted by atomic mass is 9.97. The standard InChI is InChI=1S/C22H29FO4Si.C21H29FO3Si/c1-22(2,3)28(6,7)27-14-15-8-10-17(19(12-15)21(24)26-5)18-13-16(25-4)9-11-20(18)23;1-21(2,3)26(5,6)25-14-15-7-9-18(16(11-15)13-23)19-12-17(24-4)8-10-20(19)22/h8-13H,14H2,1-7H3;7-12,23H,13-14H2,1-6H3. The number of ether oxygens (including phenoxy) is 3. The summed E-state index contributed by atoms with van der Waals surface area (Å²) in [7, 11) is 0.587. The average molecular weight is 781 g/mol. The van der Waals surface area contributed by atoms with Crippen molar-refractivity contribution in [3.63, 3.8) is 0 Å². The van der Waals surface area contributed by atoms with Gasteiger partial charge in [0.15, 0.2) is 16.6 Å². The van der Waals surface area contributed by atoms with Crippen LogP contribution in [0.5, 0.6) is 11.5 Å². The van der Waals surface area contributed by atoms with Gasteiger partial charge in [0.2, 0.25) is 0 Å². The molecule has 0 aromatic heterocycles. The second kappa shape index (κ2) is 18.2. The largest absolute Gasteiger partial charge is 0.497 e. The Hall–Kier alpha value is -3.88. The monoisotopic (exact) mass is 780 g/mol. The molecule has 0 unspecified atom stereocenters. The second-order valence-corrected chi connectivity index (χ2v) is 25.9. The number of rotatable bonds is 12. The van der Waals surface area contributed by atoms with E-state index in [1.165, 1.54) is 32.4 Å². The zero-order chi connectivity index (χ0) is 40.6. The Labute approximate surface area is 322 Å². The fraction of sp³-hybridized carbons (Fsp3) is 0.419. The Balaban J connectivity index is 0.000000291. The first-order valence-electron chi connectivity index (χ1n) is 18.0. The third kappa shape index (κ3) is 11.1. The minimum atomic E-state index is -1.93. The molecule has 4 aromatic rings. The molecule has 0 saturated carbocycles. The van der Waals surface area contributed by atoms with Gasteiger partial charge in [-0.1, -0.05) is 71.9 Å². The van der Waals surface area contributed by atoms with Gasteiger partial charge in [-0.15, -0.1) is 0 Å². The van der Waals surface area contributed by atoms with E-state index in [9.17, 15) is 18.7 Å². The van der Waals surface area contributed by atoms with Crippen molar-refractivity contribution in [2.45, 2.75) is 97.6 Å². The van der Waals surface area contributed by atoms with Gasteiger partial charge in [-0.3, -0.25) is 0 Å². The van der Waals surface area contributed by atoms with E-state index in [0.29, 0.717) is 52.5 Å². The third-order valence-electron chi connectivity index (χ3n) is 10.6. The molecule has 0 aliphatic carbocycles. The van der Waals surface area contributed by atoms with Crippen LogP contribution in [0.4, 0.5) is 8.78 Å². The van der Waals surface area contributed by atoms with Crippen LogP contribution in [0.2, 0.25) is 36.3 Å². The lowest BCUT2D eigenvalue weighted by Gasteiger charge is -2.36. The fourth-order valence-corrected chi connectivity index (χ4v) is 6.88. The zero-order valence-electron chi connectivity index (χ0n) is 34.2. The van der Waals surface area contributed by atoms with Crippen LogP contribution in [-0.2, 0) is 33.4 Å². The Bertz CT molecular complexity index is 1900. The van der Waals surface area contributed by atoms with Crippen molar-refractivity contribution < 1.29 is 41.7 Å². The van der Waals surface area contributed by atoms with Gasteiger partial charge >= 0.3 is 5.97 Å². The van der Waals surface area contributed by atoms with Gasteiger partial charge in [0.05, 0.1) is 46.7 Å². The molecule has 1 N–H and O–H groups in total. The van der Waals surface area contributed by atoms with Crippen molar-refractivity contribution in [1.82, 2.24) is 0 Å². The summed E-state index contributed by atoms with van der Waals surface area (Å²) >= 11 is 0. The fourth-order valence-electron chi connectivity index (χ4n) is 4.96. The molecule has 54 heavy (non-hydrogen) atoms. The average Bonchev–Trinajstić information content (AvgIpc) is 3.12. The topological polar surface area (TPSA) is 83.5 Å². The van der Waals surface area contributed by atoms with Crippen LogP contribution in [0.15, 0.2) is 72.8 Å². The van der Waals surface area contributed by atoms with E-state index in [0.717, 1.165) is 11.1 Å². The molecule has 294 valence electrons. The zero-order valence-corrected chi connectivity index (χ0v) is 36.2. The maximum Gasteiger partial charge on any atom is 0.338 e. The number of aliphatic hydroxyl groups is 1. The van der Waals surface area contributed by atoms with E-state index in [1.54, 1.807) is 37.4 Å². The van der Waals surface area contributed by atoms with E-state index in [4.69, 9.17) is 23.1 Å². The molecule has 0 bridgehead atoms. The number of hydrogen-bond donors (Lipinski definition) is 1. The quantitative estimate of drug-likeness (QED) is 0.113. The van der Waals surface area contributed by atoms with E-state index < -0.39 is 28.4 Å². The highest BCUT2D eigenvalue weighted by atomic mass is 28.4. The predicted octanol–water partition coefficient (Wildman–Crippen LogP) is 11.3. The second-order valence-electron chi connectivity index (χ2n) is 16.3. The summed E-state index contributed by atoms with van der Waals surface area (Å²) in [6.45, 7) is 22.6. The number of carbonyl (C=O) groups excluding carboxylic acids is 1. The lowest BCUT2D eigenvalue weighted by Crippen LogP contribution is -2.40. The summed E-state index contributed by atoms with van der Waals surface area (Å²) in [6.07, 6.45) is 0. The van der Waals surface area contributed by atoms with E-state index in [2.05, 4.69) is 67.7 Å². The van der Waals surface area contributed by atoms with Crippen LogP contribution in [0.3, 0.4) is 0 Å². The summed E-state index contributed by atoms with van der Waals surface area (Å²) in [5.74, 6) is -0.207. The van der Waals surface area contributed by atoms with Gasteiger partial charge in [0, 0.05) is 11.1 Å². The molecule has 0 aliphatic heterocycles. The number of esters is 1. The van der Waals surface area contributed by atoms with Crippen molar-refractivity contribution >= 4 is 22.6 Å². The predicted molar refractivity (Wildman–Crippen MR) is 218 cm³/mol. The number of aliphatic hydroxyl groups excluding tert-OH is 1. The van der Waals surface area contributed by atoms with Gasteiger partial charge in [-0.2, -0.15) is 0 Å². The Morgan fingerprint density at radius 3 is 1.44 bits per heavy atom. The first-order chi connectivity index (χ1) is 25.1. The maximum absolute atomic E-state index is 14.4. The van der Waals surface area contributed by atoms with Crippen molar-refractivity contribution in [1.29, 1.82) is 0 Å². The number of halogens is 2. The van der Waals surface area contributed by atoms with Crippen molar-refractivity contribution in [3.8, 4) is 33.8 Å². The first-order valence-corrected chi connectivity index (χ1v) is 23.8. The summed E-state index contributed by atoms with van der Waals surface area (Å²) in [6, 6.07) is 20.0. The lowest BCUT2D eigenvalue weighted by molar-refractivity contribution is 0.0601. The van der Waals surface area contributed by atoms with E-state index in [-0.39, 0.29) is 28.1 Å². The number of methoxy groups -OCH3 is 3. The van der Waals surface area contributed by atoms with Crippen molar-refractivity contribution in [3.05, 3.63) is 107 Å². The Morgan fingerprint density at radius 1 is 0.611 bits per heavy atom. The minimum absolute atomic E-state index is 0.0852. The minimum Gasteiger partial charge on any atom is -0.497 e. The molecule has 0 spiro atoms. The Morgan fingerprint density at radius 2 is 1.04 bits per heavy atom. The summed E-state index contributed by atoms with van der Waals surface area (Å²) in [5, 5.41) is 10.0. The highest BCUT2D eigenvalue weighted by molar-refractivity contribution is 6.74. The molecule has 0 atom stereocenters. The first kappa shape index (κ1) is 44.5. The van der Waals surface area contributed by atoms with Crippen LogP contribution in [-0.4, -0.2) is 49.0 Å². The summed E-state index contributed by atoms with van der Waals surface area (Å²) in [4.78, 5) is 12.4. The molecule has 7 nitrogen and oxygen atoms in total. The number of carbonyl (C=O) groups is 1. The van der Waals surface area contributed by atoms with E-state index >= 15 is 0 Å². The van der Waals surface area contributed by atoms with E-state index in [1.807, 2.05) is 24.3 Å². The van der Waals surface area contributed by atoms with Crippen LogP contribution < -0.4 is 9.47 Å². The van der Waals surface area contributed by atoms with Gasteiger partial charge in [0.25, 0.3) is 0 Å². The molecule has 0 fully saturated rings. The van der Waals surface area contributed by atoms with Crippen LogP contribution in [0.25, 0.3) is 22.3 Å². The van der Waals surface area contributed by atoms with Crippen LogP contribution in [0.1, 0.15) is 68.6 Å². The van der Waals surface area contributed by atoms with Crippen molar-refractivity contribution in [2.24, 2.45) is 0 Å². The molecular formula is C43H58F2O7Si2. The molecule has 4 rings (SSSR count). The van der Waals surface area contributed by atoms with Gasteiger partial charge < -0.3 is 28.2 Å². The smallest absolute Gasteiger partial charge is 0.338 e. The molecule has 4 aromatic carbocycles. The molecule has 0 radical (unpaired) electrons. The summed E-state index contributed by atoms with van der Waals surface area (Å²) < 4.78 is 56.5. The number of hydrogen-bond acceptors (Lipinski definition) is 7. The molecule has 0 saturated heterocycles. The normalized spacial score (nSPS) is 12.1. The molecule has 0 amide bonds. The third-order valence-corrected chi connectivity index (χ3v) is 19.5. The Kier molecular flexibility index (Phi) is 15.0. The van der Waals surface area contributed by atoms with Gasteiger partial charge in [-0.25, -0.2) is 13.6 Å². The highest BCUT2D eigenvalue weighted by Gasteiger charge is 2.38. The highest BCUT2D eigenvalue weighted by Crippen LogP contribution is 2.39. The van der Waals surface area contributed by atoms with Gasteiger partial charge in [0.1, 0.15) is 23.1 Å². The SMILES string of the molecule is COC(=O)c1cc(CO[Si](C)(C)C(C)(C)C)ccc1-c1cc(OC)ccc1F.COc1ccc(F)c(-c2ccc(CO[Si](C)(C)C(C)(C)C)cc2CO)c1. The van der Waals surface area contributed by atoms with Gasteiger partial charge in [-0.05, 0) is 107 Å². The summed E-state index contributed by atoms with van der Waals surface area (Å²) in [5.41, 5.74) is 4.63. The molecular weight excluding hydrogens is 723 g/mol. The number of benzene rings is 4. The van der Waals surface area contributed by atoms with Crippen LogP contribution >= 0.6 is 0 Å².